The Morgan fingerprint density at radius 2 is 2.00 bits per heavy atom. The van der Waals surface area contributed by atoms with Crippen LogP contribution < -0.4 is 4.57 Å². The Morgan fingerprint density at radius 3 is 2.20 bits per heavy atom. The maximum absolute atomic E-state index is 3.71. The second kappa shape index (κ2) is 2.29. The smallest absolute Gasteiger partial charge is 0.245 e. The van der Waals surface area contributed by atoms with Crippen molar-refractivity contribution in [2.75, 3.05) is 0 Å². The lowest BCUT2D eigenvalue weighted by atomic mass is 10.4. The van der Waals surface area contributed by atoms with E-state index in [4.69, 9.17) is 0 Å². The van der Waals surface area contributed by atoms with E-state index in [1.165, 1.54) is 11.4 Å². The van der Waals surface area contributed by atoms with E-state index in [0.717, 1.165) is 5.82 Å². The molecule has 0 aromatic carbocycles. The summed E-state index contributed by atoms with van der Waals surface area (Å²) in [4.78, 5) is 3.22. The van der Waals surface area contributed by atoms with E-state index in [1.807, 2.05) is 17.7 Å². The van der Waals surface area contributed by atoms with Crippen molar-refractivity contribution in [1.82, 2.24) is 4.98 Å². The number of hydrogen-bond acceptors (Lipinski definition) is 0. The van der Waals surface area contributed by atoms with Gasteiger partial charge in [-0.2, -0.15) is 0 Å². The zero-order chi connectivity index (χ0) is 7.72. The third-order valence-corrected chi connectivity index (χ3v) is 1.82. The number of imidazole rings is 1. The molecule has 10 heavy (non-hydrogen) atoms. The third kappa shape index (κ3) is 0.856. The normalized spacial score (nSPS) is 9.90. The quantitative estimate of drug-likeness (QED) is 0.563. The topological polar surface area (TPSA) is 19.7 Å². The van der Waals surface area contributed by atoms with Gasteiger partial charge in [0.05, 0.1) is 6.20 Å². The number of aromatic nitrogens is 2. The molecule has 1 N–H and O–H groups in total. The number of H-pyrrole nitrogens is 1. The van der Waals surface area contributed by atoms with E-state index in [9.17, 15) is 0 Å². The molecule has 0 amide bonds. The Kier molecular flexibility index (Phi) is 1.62. The van der Waals surface area contributed by atoms with Crippen molar-refractivity contribution < 1.29 is 4.57 Å². The van der Waals surface area contributed by atoms with Crippen LogP contribution in [-0.2, 0) is 0 Å². The number of hydrogen-bond donors (Lipinski definition) is 1. The summed E-state index contributed by atoms with van der Waals surface area (Å²) in [6.07, 6.45) is 1.81. The molecule has 2 heteroatoms. The van der Waals surface area contributed by atoms with Crippen molar-refractivity contribution >= 4 is 6.20 Å². The molecule has 0 aliphatic rings. The molecule has 1 heterocycles. The monoisotopic (exact) mass is 137 g/mol. The van der Waals surface area contributed by atoms with Crippen molar-refractivity contribution in [3.05, 3.63) is 23.8 Å². The number of nitrogens with one attached hydrogen (secondary N) is 1. The van der Waals surface area contributed by atoms with Gasteiger partial charge in [0.2, 0.25) is 0 Å². The SMILES string of the molecule is C=C[n+]1c(C)[nH]c(C)c1C. The van der Waals surface area contributed by atoms with Gasteiger partial charge in [-0.3, -0.25) is 0 Å². The Bertz CT molecular complexity index is 258. The van der Waals surface area contributed by atoms with Crippen molar-refractivity contribution in [2.24, 2.45) is 0 Å². The van der Waals surface area contributed by atoms with Crippen LogP contribution in [0.2, 0.25) is 0 Å². The first kappa shape index (κ1) is 7.06. The molecule has 0 bridgehead atoms. The fraction of sp³-hybridized carbons (Fsp3) is 0.375. The number of aryl methyl sites for hydroxylation is 2. The lowest BCUT2D eigenvalue weighted by Crippen LogP contribution is -2.29. The molecule has 1 aromatic heterocycles. The second-order valence-electron chi connectivity index (χ2n) is 2.47. The zero-order valence-corrected chi connectivity index (χ0v) is 6.73. The minimum atomic E-state index is 1.13. The van der Waals surface area contributed by atoms with Gasteiger partial charge in [0.1, 0.15) is 11.4 Å². The van der Waals surface area contributed by atoms with Crippen molar-refractivity contribution in [2.45, 2.75) is 20.8 Å². The summed E-state index contributed by atoms with van der Waals surface area (Å²) in [6, 6.07) is 0. The first-order valence-electron chi connectivity index (χ1n) is 3.36. The lowest BCUT2D eigenvalue weighted by Gasteiger charge is -1.87. The van der Waals surface area contributed by atoms with Gasteiger partial charge in [-0.25, -0.2) is 9.55 Å². The van der Waals surface area contributed by atoms with Gasteiger partial charge in [-0.1, -0.05) is 6.58 Å². The predicted octanol–water partition coefficient (Wildman–Crippen LogP) is 1.33. The highest BCUT2D eigenvalue weighted by Crippen LogP contribution is 1.98. The molecule has 0 fully saturated rings. The molecule has 0 aliphatic carbocycles. The Balaban J connectivity index is 3.33. The van der Waals surface area contributed by atoms with Gasteiger partial charge in [0.15, 0.2) is 0 Å². The molecule has 54 valence electrons. The fourth-order valence-electron chi connectivity index (χ4n) is 1.13. The van der Waals surface area contributed by atoms with Crippen LogP contribution in [0.5, 0.6) is 0 Å². The van der Waals surface area contributed by atoms with Gasteiger partial charge in [-0.15, -0.1) is 0 Å². The summed E-state index contributed by atoms with van der Waals surface area (Å²) >= 11 is 0. The molecule has 0 atom stereocenters. The lowest BCUT2D eigenvalue weighted by molar-refractivity contribution is -0.580. The van der Waals surface area contributed by atoms with Crippen LogP contribution >= 0.6 is 0 Å². The summed E-state index contributed by atoms with van der Waals surface area (Å²) in [5.74, 6) is 1.13. The summed E-state index contributed by atoms with van der Waals surface area (Å²) < 4.78 is 2.04. The van der Waals surface area contributed by atoms with E-state index in [0.29, 0.717) is 0 Å². The van der Waals surface area contributed by atoms with Gasteiger partial charge in [0, 0.05) is 20.8 Å². The van der Waals surface area contributed by atoms with Gasteiger partial charge in [0.25, 0.3) is 5.82 Å². The van der Waals surface area contributed by atoms with E-state index >= 15 is 0 Å². The number of aromatic amines is 1. The maximum atomic E-state index is 3.71. The van der Waals surface area contributed by atoms with Crippen molar-refractivity contribution in [1.29, 1.82) is 0 Å². The first-order valence-corrected chi connectivity index (χ1v) is 3.36. The number of nitrogens with zero attached hydrogens (tertiary/aromatic N) is 1. The van der Waals surface area contributed by atoms with Crippen LogP contribution in [0, 0.1) is 20.8 Å². The van der Waals surface area contributed by atoms with Crippen LogP contribution in [0.15, 0.2) is 6.58 Å². The fourth-order valence-corrected chi connectivity index (χ4v) is 1.13. The summed E-state index contributed by atoms with van der Waals surface area (Å²) in [7, 11) is 0. The standard InChI is InChI=1S/C8H12N2/c1-5-10-7(3)6(2)9-8(10)4/h5H,1H2,2-4H3/p+1. The zero-order valence-electron chi connectivity index (χ0n) is 6.73. The van der Waals surface area contributed by atoms with Crippen LogP contribution in [0.3, 0.4) is 0 Å². The highest BCUT2D eigenvalue weighted by atomic mass is 15.1. The molecular weight excluding hydrogens is 124 g/mol. The first-order chi connectivity index (χ1) is 4.66. The molecule has 1 rings (SSSR count). The highest BCUT2D eigenvalue weighted by Gasteiger charge is 2.10. The molecule has 0 saturated carbocycles. The molecule has 0 unspecified atom stereocenters. The highest BCUT2D eigenvalue weighted by molar-refractivity contribution is 5.09. The molecular formula is C8H13N2+. The third-order valence-electron chi connectivity index (χ3n) is 1.82. The van der Waals surface area contributed by atoms with E-state index in [1.54, 1.807) is 0 Å². The van der Waals surface area contributed by atoms with Gasteiger partial charge >= 0.3 is 0 Å². The van der Waals surface area contributed by atoms with Crippen LogP contribution in [0.4, 0.5) is 0 Å². The van der Waals surface area contributed by atoms with E-state index in [2.05, 4.69) is 25.4 Å². The summed E-state index contributed by atoms with van der Waals surface area (Å²) in [5.41, 5.74) is 2.44. The Labute approximate surface area is 61.2 Å². The minimum absolute atomic E-state index is 1.13. The average molecular weight is 137 g/mol. The summed E-state index contributed by atoms with van der Waals surface area (Å²) in [6.45, 7) is 9.87. The van der Waals surface area contributed by atoms with E-state index < -0.39 is 0 Å². The van der Waals surface area contributed by atoms with Crippen LogP contribution in [0.25, 0.3) is 6.20 Å². The van der Waals surface area contributed by atoms with Crippen molar-refractivity contribution in [3.63, 3.8) is 0 Å². The molecule has 0 aliphatic heterocycles. The minimum Gasteiger partial charge on any atom is -0.245 e. The van der Waals surface area contributed by atoms with Gasteiger partial charge in [-0.05, 0) is 0 Å². The van der Waals surface area contributed by atoms with Crippen LogP contribution in [0.1, 0.15) is 17.2 Å². The molecule has 0 radical (unpaired) electrons. The molecule has 2 nitrogen and oxygen atoms in total. The predicted molar refractivity (Wildman–Crippen MR) is 41.6 cm³/mol. The maximum Gasteiger partial charge on any atom is 0.256 e. The molecule has 0 spiro atoms. The second-order valence-corrected chi connectivity index (χ2v) is 2.47. The van der Waals surface area contributed by atoms with Crippen molar-refractivity contribution in [3.8, 4) is 0 Å². The number of rotatable bonds is 1. The molecule has 1 aromatic rings. The largest absolute Gasteiger partial charge is 0.256 e. The Morgan fingerprint density at radius 1 is 1.40 bits per heavy atom. The molecule has 0 saturated heterocycles. The average Bonchev–Trinajstić information content (AvgIpc) is 2.09. The summed E-state index contributed by atoms with van der Waals surface area (Å²) in [5, 5.41) is 0. The van der Waals surface area contributed by atoms with Gasteiger partial charge < -0.3 is 0 Å². The Hall–Kier alpha value is -1.05. The van der Waals surface area contributed by atoms with E-state index in [-0.39, 0.29) is 0 Å². The van der Waals surface area contributed by atoms with Crippen LogP contribution in [-0.4, -0.2) is 4.98 Å².